The average molecular weight is 325 g/mol. The molecule has 1 fully saturated rings. The zero-order chi connectivity index (χ0) is 16.9. The third-order valence-corrected chi connectivity index (χ3v) is 4.29. The molecule has 5 heteroatoms. The zero-order valence-electron chi connectivity index (χ0n) is 13.9. The number of nitrogen functional groups attached to an aromatic ring is 1. The molecule has 0 saturated carbocycles. The van der Waals surface area contributed by atoms with Crippen molar-refractivity contribution in [2.45, 2.75) is 18.9 Å². The standard InChI is InChI=1S/C19H23N3O2/c1-22-12-10-16(11-13-22)24-15-8-6-14(7-9-15)19(23)21-18-5-3-2-4-17(18)20/h2-9,16H,10-13,20H2,1H3,(H,21,23). The molecule has 1 aliphatic heterocycles. The van der Waals surface area contributed by atoms with Gasteiger partial charge in [0.1, 0.15) is 11.9 Å². The third-order valence-electron chi connectivity index (χ3n) is 4.29. The maximum absolute atomic E-state index is 12.3. The number of likely N-dealkylation sites (tertiary alicyclic amines) is 1. The van der Waals surface area contributed by atoms with Gasteiger partial charge in [0.2, 0.25) is 0 Å². The second-order valence-corrected chi connectivity index (χ2v) is 6.19. The first kappa shape index (κ1) is 16.3. The van der Waals surface area contributed by atoms with E-state index in [-0.39, 0.29) is 12.0 Å². The fourth-order valence-corrected chi connectivity index (χ4v) is 2.79. The van der Waals surface area contributed by atoms with Gasteiger partial charge in [0.15, 0.2) is 0 Å². The Kier molecular flexibility index (Phi) is 5.01. The highest BCUT2D eigenvalue weighted by Crippen LogP contribution is 2.21. The van der Waals surface area contributed by atoms with Crippen molar-refractivity contribution in [3.05, 3.63) is 54.1 Å². The van der Waals surface area contributed by atoms with Gasteiger partial charge in [0.25, 0.3) is 5.91 Å². The monoisotopic (exact) mass is 325 g/mol. The van der Waals surface area contributed by atoms with Crippen molar-refractivity contribution in [1.29, 1.82) is 0 Å². The molecule has 0 aliphatic carbocycles. The molecule has 0 atom stereocenters. The van der Waals surface area contributed by atoms with Crippen LogP contribution in [0.25, 0.3) is 0 Å². The van der Waals surface area contributed by atoms with Crippen LogP contribution in [0.15, 0.2) is 48.5 Å². The van der Waals surface area contributed by atoms with Crippen molar-refractivity contribution < 1.29 is 9.53 Å². The number of nitrogens with one attached hydrogen (secondary N) is 1. The van der Waals surface area contributed by atoms with Gasteiger partial charge in [-0.3, -0.25) is 4.79 Å². The quantitative estimate of drug-likeness (QED) is 0.848. The Morgan fingerprint density at radius 3 is 2.46 bits per heavy atom. The topological polar surface area (TPSA) is 67.6 Å². The van der Waals surface area contributed by atoms with Gasteiger partial charge < -0.3 is 20.7 Å². The van der Waals surface area contributed by atoms with E-state index in [0.717, 1.165) is 31.7 Å². The fourth-order valence-electron chi connectivity index (χ4n) is 2.79. The van der Waals surface area contributed by atoms with Gasteiger partial charge in [0, 0.05) is 18.7 Å². The van der Waals surface area contributed by atoms with E-state index in [1.807, 2.05) is 24.3 Å². The lowest BCUT2D eigenvalue weighted by atomic mass is 10.1. The number of rotatable bonds is 4. The summed E-state index contributed by atoms with van der Waals surface area (Å²) in [7, 11) is 2.13. The van der Waals surface area contributed by atoms with E-state index in [1.54, 1.807) is 24.3 Å². The molecular formula is C19H23N3O2. The SMILES string of the molecule is CN1CCC(Oc2ccc(C(=O)Nc3ccccc3N)cc2)CC1. The van der Waals surface area contributed by atoms with Crippen molar-refractivity contribution in [3.63, 3.8) is 0 Å². The molecule has 0 spiro atoms. The van der Waals surface area contributed by atoms with Gasteiger partial charge in [-0.2, -0.15) is 0 Å². The van der Waals surface area contributed by atoms with Crippen molar-refractivity contribution in [3.8, 4) is 5.75 Å². The molecule has 1 saturated heterocycles. The normalized spacial score (nSPS) is 15.9. The van der Waals surface area contributed by atoms with Crippen LogP contribution >= 0.6 is 0 Å². The van der Waals surface area contributed by atoms with Crippen LogP contribution in [0.2, 0.25) is 0 Å². The minimum absolute atomic E-state index is 0.182. The molecule has 0 unspecified atom stereocenters. The lowest BCUT2D eigenvalue weighted by Gasteiger charge is -2.29. The Hall–Kier alpha value is -2.53. The number of benzene rings is 2. The molecule has 3 N–H and O–H groups in total. The van der Waals surface area contributed by atoms with E-state index in [1.165, 1.54) is 0 Å². The van der Waals surface area contributed by atoms with Crippen molar-refractivity contribution >= 4 is 17.3 Å². The van der Waals surface area contributed by atoms with Crippen LogP contribution in [0, 0.1) is 0 Å². The molecule has 1 aliphatic rings. The molecule has 0 radical (unpaired) electrons. The Morgan fingerprint density at radius 2 is 1.79 bits per heavy atom. The van der Waals surface area contributed by atoms with Gasteiger partial charge in [-0.25, -0.2) is 0 Å². The number of amides is 1. The number of nitrogens with two attached hydrogens (primary N) is 1. The Labute approximate surface area is 142 Å². The summed E-state index contributed by atoms with van der Waals surface area (Å²) in [5.41, 5.74) is 7.59. The molecule has 126 valence electrons. The van der Waals surface area contributed by atoms with Crippen LogP contribution in [0.3, 0.4) is 0 Å². The smallest absolute Gasteiger partial charge is 0.255 e. The van der Waals surface area contributed by atoms with E-state index in [4.69, 9.17) is 10.5 Å². The summed E-state index contributed by atoms with van der Waals surface area (Å²) >= 11 is 0. The van der Waals surface area contributed by atoms with E-state index < -0.39 is 0 Å². The summed E-state index contributed by atoms with van der Waals surface area (Å²) in [6, 6.07) is 14.5. The Bertz CT molecular complexity index is 692. The largest absolute Gasteiger partial charge is 0.490 e. The minimum Gasteiger partial charge on any atom is -0.490 e. The van der Waals surface area contributed by atoms with Gasteiger partial charge >= 0.3 is 0 Å². The van der Waals surface area contributed by atoms with Gasteiger partial charge in [0.05, 0.1) is 11.4 Å². The first-order chi connectivity index (χ1) is 11.6. The summed E-state index contributed by atoms with van der Waals surface area (Å²) in [6.45, 7) is 2.12. The van der Waals surface area contributed by atoms with Gasteiger partial charge in [-0.15, -0.1) is 0 Å². The predicted molar refractivity (Wildman–Crippen MR) is 96.4 cm³/mol. The second kappa shape index (κ2) is 7.36. The van der Waals surface area contributed by atoms with Crippen LogP contribution in [0.4, 0.5) is 11.4 Å². The molecule has 24 heavy (non-hydrogen) atoms. The van der Waals surface area contributed by atoms with Gasteiger partial charge in [-0.1, -0.05) is 12.1 Å². The zero-order valence-corrected chi connectivity index (χ0v) is 13.9. The highest BCUT2D eigenvalue weighted by atomic mass is 16.5. The second-order valence-electron chi connectivity index (χ2n) is 6.19. The highest BCUT2D eigenvalue weighted by molar-refractivity contribution is 6.05. The molecular weight excluding hydrogens is 302 g/mol. The van der Waals surface area contributed by atoms with E-state index in [9.17, 15) is 4.79 Å². The van der Waals surface area contributed by atoms with E-state index in [0.29, 0.717) is 16.9 Å². The number of nitrogens with zero attached hydrogens (tertiary/aromatic N) is 1. The first-order valence-corrected chi connectivity index (χ1v) is 8.23. The van der Waals surface area contributed by atoms with Crippen LogP contribution < -0.4 is 15.8 Å². The number of hydrogen-bond donors (Lipinski definition) is 2. The molecule has 5 nitrogen and oxygen atoms in total. The summed E-state index contributed by atoms with van der Waals surface area (Å²) in [6.07, 6.45) is 2.32. The summed E-state index contributed by atoms with van der Waals surface area (Å²) in [5, 5.41) is 2.82. The molecule has 1 amide bonds. The molecule has 0 bridgehead atoms. The van der Waals surface area contributed by atoms with E-state index >= 15 is 0 Å². The summed E-state index contributed by atoms with van der Waals surface area (Å²) < 4.78 is 6.00. The molecule has 1 heterocycles. The predicted octanol–water partition coefficient (Wildman–Crippen LogP) is 2.99. The molecule has 0 aromatic heterocycles. The van der Waals surface area contributed by atoms with Crippen molar-refractivity contribution in [2.24, 2.45) is 0 Å². The highest BCUT2D eigenvalue weighted by Gasteiger charge is 2.18. The van der Waals surface area contributed by atoms with Crippen molar-refractivity contribution in [1.82, 2.24) is 4.90 Å². The maximum Gasteiger partial charge on any atom is 0.255 e. The molecule has 3 rings (SSSR count). The van der Waals surface area contributed by atoms with Gasteiger partial charge in [-0.05, 0) is 56.3 Å². The molecule has 2 aromatic rings. The Morgan fingerprint density at radius 1 is 1.12 bits per heavy atom. The lowest BCUT2D eigenvalue weighted by Crippen LogP contribution is -2.35. The number of carbonyl (C=O) groups is 1. The van der Waals surface area contributed by atoms with Crippen LogP contribution in [0.1, 0.15) is 23.2 Å². The van der Waals surface area contributed by atoms with Crippen LogP contribution in [0.5, 0.6) is 5.75 Å². The summed E-state index contributed by atoms with van der Waals surface area (Å²) in [5.74, 6) is 0.624. The minimum atomic E-state index is -0.182. The number of piperidine rings is 1. The Balaban J connectivity index is 1.59. The summed E-state index contributed by atoms with van der Waals surface area (Å²) in [4.78, 5) is 14.6. The van der Waals surface area contributed by atoms with E-state index in [2.05, 4.69) is 17.3 Å². The fraction of sp³-hybridized carbons (Fsp3) is 0.316. The average Bonchev–Trinajstić information content (AvgIpc) is 2.59. The maximum atomic E-state index is 12.3. The van der Waals surface area contributed by atoms with Crippen LogP contribution in [-0.4, -0.2) is 37.0 Å². The number of carbonyl (C=O) groups excluding carboxylic acids is 1. The van der Waals surface area contributed by atoms with Crippen LogP contribution in [-0.2, 0) is 0 Å². The number of para-hydroxylation sites is 2. The molecule has 2 aromatic carbocycles. The number of anilines is 2. The third kappa shape index (κ3) is 4.06. The lowest BCUT2D eigenvalue weighted by molar-refractivity contribution is 0.102. The number of ether oxygens (including phenoxy) is 1. The van der Waals surface area contributed by atoms with Crippen molar-refractivity contribution in [2.75, 3.05) is 31.2 Å². The first-order valence-electron chi connectivity index (χ1n) is 8.23. The number of hydrogen-bond acceptors (Lipinski definition) is 4.